The molecule has 0 bridgehead atoms. The van der Waals surface area contributed by atoms with E-state index in [1.807, 2.05) is 0 Å². The number of halogens is 3. The quantitative estimate of drug-likeness (QED) is 0.702. The van der Waals surface area contributed by atoms with Crippen LogP contribution in [0.3, 0.4) is 0 Å². The molecular formula is C19H16F3N5O3. The van der Waals surface area contributed by atoms with Gasteiger partial charge in [0.05, 0.1) is 42.5 Å². The zero-order valence-electron chi connectivity index (χ0n) is 15.9. The molecule has 156 valence electrons. The normalized spacial score (nSPS) is 13.6. The Morgan fingerprint density at radius 3 is 2.73 bits per heavy atom. The lowest BCUT2D eigenvalue weighted by Gasteiger charge is -2.12. The number of alkyl halides is 3. The second kappa shape index (κ2) is 7.01. The van der Waals surface area contributed by atoms with E-state index in [0.29, 0.717) is 28.1 Å². The highest BCUT2D eigenvalue weighted by Gasteiger charge is 2.34. The molecule has 1 aliphatic rings. The first-order chi connectivity index (χ1) is 14.2. The number of hydrogen-bond acceptors (Lipinski definition) is 5. The van der Waals surface area contributed by atoms with Crippen LogP contribution in [-0.4, -0.2) is 38.9 Å². The van der Waals surface area contributed by atoms with Crippen LogP contribution in [0.2, 0.25) is 0 Å². The van der Waals surface area contributed by atoms with Crippen molar-refractivity contribution in [2.45, 2.75) is 26.2 Å². The number of aryl methyl sites for hydroxylation is 1. The molecule has 0 fully saturated rings. The minimum Gasteiger partial charge on any atom is -0.491 e. The topological polar surface area (TPSA) is 93.1 Å². The monoisotopic (exact) mass is 419 g/mol. The first kappa shape index (κ1) is 19.7. The Labute approximate surface area is 167 Å². The van der Waals surface area contributed by atoms with Crippen molar-refractivity contribution in [3.63, 3.8) is 0 Å². The van der Waals surface area contributed by atoms with Crippen LogP contribution < -0.4 is 15.2 Å². The first-order valence-corrected chi connectivity index (χ1v) is 8.85. The van der Waals surface area contributed by atoms with Crippen molar-refractivity contribution < 1.29 is 22.7 Å². The molecule has 3 aromatic rings. The lowest BCUT2D eigenvalue weighted by Crippen LogP contribution is -2.23. The number of aromatic nitrogens is 4. The molecule has 0 aromatic carbocycles. The summed E-state index contributed by atoms with van der Waals surface area (Å²) in [6.07, 6.45) is -0.514. The summed E-state index contributed by atoms with van der Waals surface area (Å²) in [5.41, 5.74) is 2.56. The molecule has 0 spiro atoms. The van der Waals surface area contributed by atoms with E-state index in [0.717, 1.165) is 4.68 Å². The van der Waals surface area contributed by atoms with Crippen LogP contribution in [0.1, 0.15) is 21.6 Å². The maximum absolute atomic E-state index is 12.9. The predicted molar refractivity (Wildman–Crippen MR) is 100 cm³/mol. The highest BCUT2D eigenvalue weighted by Crippen LogP contribution is 2.32. The molecule has 1 amide bonds. The van der Waals surface area contributed by atoms with Crippen LogP contribution in [0.4, 0.5) is 18.9 Å². The summed E-state index contributed by atoms with van der Waals surface area (Å²) in [5.74, 6) is -0.227. The maximum Gasteiger partial charge on any atom is 0.408 e. The van der Waals surface area contributed by atoms with Crippen molar-refractivity contribution in [2.75, 3.05) is 12.0 Å². The predicted octanol–water partition coefficient (Wildman–Crippen LogP) is 2.67. The minimum atomic E-state index is -4.41. The molecule has 0 unspecified atom stereocenters. The number of H-pyrrole nitrogens is 1. The summed E-state index contributed by atoms with van der Waals surface area (Å²) in [6.45, 7) is 0.611. The van der Waals surface area contributed by atoms with Gasteiger partial charge in [0, 0.05) is 18.0 Å². The molecule has 0 aliphatic carbocycles. The first-order valence-electron chi connectivity index (χ1n) is 8.85. The smallest absolute Gasteiger partial charge is 0.408 e. The molecule has 0 saturated carbocycles. The van der Waals surface area contributed by atoms with E-state index in [-0.39, 0.29) is 29.4 Å². The molecule has 1 aliphatic heterocycles. The van der Waals surface area contributed by atoms with Crippen molar-refractivity contribution in [1.29, 1.82) is 0 Å². The Morgan fingerprint density at radius 1 is 1.27 bits per heavy atom. The lowest BCUT2D eigenvalue weighted by atomic mass is 10.1. The van der Waals surface area contributed by atoms with Gasteiger partial charge in [-0.3, -0.25) is 24.2 Å². The second-order valence-corrected chi connectivity index (χ2v) is 6.83. The fourth-order valence-corrected chi connectivity index (χ4v) is 3.38. The summed E-state index contributed by atoms with van der Waals surface area (Å²) in [4.78, 5) is 33.0. The van der Waals surface area contributed by atoms with Gasteiger partial charge in [0.1, 0.15) is 6.54 Å². The van der Waals surface area contributed by atoms with E-state index in [1.165, 1.54) is 30.6 Å². The fourth-order valence-electron chi connectivity index (χ4n) is 3.38. The zero-order valence-corrected chi connectivity index (χ0v) is 15.9. The van der Waals surface area contributed by atoms with E-state index in [1.54, 1.807) is 19.1 Å². The number of amides is 1. The van der Waals surface area contributed by atoms with Crippen molar-refractivity contribution in [1.82, 2.24) is 19.7 Å². The van der Waals surface area contributed by atoms with E-state index in [9.17, 15) is 22.8 Å². The molecule has 11 heteroatoms. The number of anilines is 1. The Morgan fingerprint density at radius 2 is 2.03 bits per heavy atom. The molecule has 8 nitrogen and oxygen atoms in total. The number of ether oxygens (including phenoxy) is 1. The van der Waals surface area contributed by atoms with E-state index >= 15 is 0 Å². The van der Waals surface area contributed by atoms with E-state index < -0.39 is 12.7 Å². The molecule has 30 heavy (non-hydrogen) atoms. The third-order valence-corrected chi connectivity index (χ3v) is 4.72. The Kier molecular flexibility index (Phi) is 4.60. The third-order valence-electron chi connectivity index (χ3n) is 4.72. The Bertz CT molecular complexity index is 1200. The number of rotatable bonds is 4. The molecule has 0 radical (unpaired) electrons. The van der Waals surface area contributed by atoms with Gasteiger partial charge >= 0.3 is 6.18 Å². The van der Waals surface area contributed by atoms with Gasteiger partial charge in [-0.25, -0.2) is 0 Å². The van der Waals surface area contributed by atoms with Crippen molar-refractivity contribution in [3.05, 3.63) is 57.9 Å². The number of aromatic amines is 1. The van der Waals surface area contributed by atoms with Gasteiger partial charge < -0.3 is 9.72 Å². The average Bonchev–Trinajstić information content (AvgIpc) is 3.25. The minimum absolute atomic E-state index is 0.0983. The number of hydrogen-bond donors (Lipinski definition) is 1. The van der Waals surface area contributed by atoms with Gasteiger partial charge in [0.2, 0.25) is 0 Å². The highest BCUT2D eigenvalue weighted by atomic mass is 19.4. The van der Waals surface area contributed by atoms with Crippen LogP contribution in [0.25, 0.3) is 11.3 Å². The number of nitrogens with zero attached hydrogens (tertiary/aromatic N) is 4. The van der Waals surface area contributed by atoms with Crippen LogP contribution in [0.5, 0.6) is 5.75 Å². The summed E-state index contributed by atoms with van der Waals surface area (Å²) in [5, 5.41) is 3.69. The Hall–Kier alpha value is -3.63. The summed E-state index contributed by atoms with van der Waals surface area (Å²) >= 11 is 0. The van der Waals surface area contributed by atoms with Gasteiger partial charge in [-0.05, 0) is 24.6 Å². The van der Waals surface area contributed by atoms with Gasteiger partial charge in [-0.15, -0.1) is 0 Å². The SMILES string of the molecule is COc1cc(-c2cc(C)c3c(n2)CN(c2cnn(CC(F)(F)F)c2)C3=O)c[nH]c1=O. The van der Waals surface area contributed by atoms with Gasteiger partial charge in [-0.2, -0.15) is 18.3 Å². The van der Waals surface area contributed by atoms with Crippen LogP contribution >= 0.6 is 0 Å². The molecule has 0 atom stereocenters. The van der Waals surface area contributed by atoms with Gasteiger partial charge in [0.25, 0.3) is 11.5 Å². The molecule has 4 rings (SSSR count). The number of carbonyl (C=O) groups is 1. The maximum atomic E-state index is 12.9. The van der Waals surface area contributed by atoms with Crippen LogP contribution in [0.15, 0.2) is 35.5 Å². The third kappa shape index (κ3) is 3.53. The number of methoxy groups -OCH3 is 1. The lowest BCUT2D eigenvalue weighted by molar-refractivity contribution is -0.142. The van der Waals surface area contributed by atoms with Crippen molar-refractivity contribution in [3.8, 4) is 17.0 Å². The summed E-state index contributed by atoms with van der Waals surface area (Å²) in [7, 11) is 1.38. The molecule has 1 N–H and O–H groups in total. The molecule has 3 aromatic heterocycles. The molecule has 0 saturated heterocycles. The second-order valence-electron chi connectivity index (χ2n) is 6.83. The van der Waals surface area contributed by atoms with Crippen LogP contribution in [-0.2, 0) is 13.1 Å². The average molecular weight is 419 g/mol. The number of nitrogens with one attached hydrogen (secondary N) is 1. The largest absolute Gasteiger partial charge is 0.491 e. The van der Waals surface area contributed by atoms with Crippen molar-refractivity contribution >= 4 is 11.6 Å². The van der Waals surface area contributed by atoms with Crippen molar-refractivity contribution in [2.24, 2.45) is 0 Å². The summed E-state index contributed by atoms with van der Waals surface area (Å²) < 4.78 is 43.5. The summed E-state index contributed by atoms with van der Waals surface area (Å²) in [6, 6.07) is 3.25. The highest BCUT2D eigenvalue weighted by molar-refractivity contribution is 6.10. The molecule has 4 heterocycles. The van der Waals surface area contributed by atoms with E-state index in [2.05, 4.69) is 15.1 Å². The van der Waals surface area contributed by atoms with Gasteiger partial charge in [-0.1, -0.05) is 0 Å². The number of pyridine rings is 2. The number of fused-ring (bicyclic) bond motifs is 1. The Balaban J connectivity index is 1.67. The zero-order chi connectivity index (χ0) is 21.6. The fraction of sp³-hybridized carbons (Fsp3) is 0.263. The molecular weight excluding hydrogens is 403 g/mol. The van der Waals surface area contributed by atoms with Crippen LogP contribution in [0, 0.1) is 6.92 Å². The van der Waals surface area contributed by atoms with Gasteiger partial charge in [0.15, 0.2) is 5.75 Å². The van der Waals surface area contributed by atoms with E-state index in [4.69, 9.17) is 4.74 Å². The standard InChI is InChI=1S/C19H16F3N5O3/c1-10-3-13(11-4-15(30-2)17(28)23-5-11)25-14-8-27(18(29)16(10)14)12-6-24-26(7-12)9-19(20,21)22/h3-7H,8-9H2,1-2H3,(H,23,28). The number of carbonyl (C=O) groups excluding carboxylic acids is 1.